The van der Waals surface area contributed by atoms with E-state index in [0.29, 0.717) is 11.8 Å². The molecule has 1 saturated heterocycles. The fourth-order valence-electron chi connectivity index (χ4n) is 2.94. The first-order valence-electron chi connectivity index (χ1n) is 7.09. The molecule has 0 aliphatic carbocycles. The van der Waals surface area contributed by atoms with Crippen molar-refractivity contribution < 1.29 is 4.79 Å². The first-order chi connectivity index (χ1) is 9.06. The molecule has 1 aliphatic heterocycles. The maximum atomic E-state index is 12.5. The van der Waals surface area contributed by atoms with Crippen molar-refractivity contribution in [3.63, 3.8) is 0 Å². The van der Waals surface area contributed by atoms with Crippen molar-refractivity contribution in [2.45, 2.75) is 27.2 Å². The highest BCUT2D eigenvalue weighted by Gasteiger charge is 2.25. The molecular formula is C17H23NO. The molecular weight excluding hydrogens is 234 g/mol. The van der Waals surface area contributed by atoms with Crippen molar-refractivity contribution in [1.82, 2.24) is 4.90 Å². The van der Waals surface area contributed by atoms with E-state index in [4.69, 9.17) is 0 Å². The summed E-state index contributed by atoms with van der Waals surface area (Å²) in [4.78, 5) is 14.5. The molecule has 0 spiro atoms. The van der Waals surface area contributed by atoms with Gasteiger partial charge in [0.25, 0.3) is 0 Å². The fraction of sp³-hybridized carbons (Fsp3) is 0.471. The Morgan fingerprint density at radius 2 is 1.74 bits per heavy atom. The standard InChI is InChI=1S/C17H23NO/c1-13-9-14(2)12-18(11-13)17(19)15(3)10-16-7-5-4-6-8-16/h4-8,10,13-14H,9,11-12H2,1-3H3/b15-10-/t13-,14-/m0/s1. The van der Waals surface area contributed by atoms with Crippen LogP contribution in [-0.4, -0.2) is 23.9 Å². The third kappa shape index (κ3) is 3.69. The molecule has 0 unspecified atom stereocenters. The molecule has 0 bridgehead atoms. The summed E-state index contributed by atoms with van der Waals surface area (Å²) in [5.41, 5.74) is 1.92. The van der Waals surface area contributed by atoms with Crippen LogP contribution < -0.4 is 0 Å². The highest BCUT2D eigenvalue weighted by atomic mass is 16.2. The lowest BCUT2D eigenvalue weighted by Gasteiger charge is -2.35. The molecule has 0 N–H and O–H groups in total. The van der Waals surface area contributed by atoms with Gasteiger partial charge < -0.3 is 4.90 Å². The molecule has 1 heterocycles. The number of hydrogen-bond donors (Lipinski definition) is 0. The Bertz CT molecular complexity index is 453. The number of piperidine rings is 1. The Morgan fingerprint density at radius 3 is 2.32 bits per heavy atom. The number of likely N-dealkylation sites (tertiary alicyclic amines) is 1. The zero-order chi connectivity index (χ0) is 13.8. The summed E-state index contributed by atoms with van der Waals surface area (Å²) < 4.78 is 0. The zero-order valence-corrected chi connectivity index (χ0v) is 12.1. The van der Waals surface area contributed by atoms with Crippen molar-refractivity contribution >= 4 is 12.0 Å². The predicted molar refractivity (Wildman–Crippen MR) is 79.6 cm³/mol. The average Bonchev–Trinajstić information content (AvgIpc) is 2.37. The van der Waals surface area contributed by atoms with E-state index in [-0.39, 0.29) is 5.91 Å². The van der Waals surface area contributed by atoms with Gasteiger partial charge in [-0.2, -0.15) is 0 Å². The van der Waals surface area contributed by atoms with Crippen LogP contribution in [0.3, 0.4) is 0 Å². The van der Waals surface area contributed by atoms with Crippen LogP contribution in [0.1, 0.15) is 32.8 Å². The second-order valence-electron chi connectivity index (χ2n) is 5.89. The number of nitrogens with zero attached hydrogens (tertiary/aromatic N) is 1. The maximum absolute atomic E-state index is 12.5. The summed E-state index contributed by atoms with van der Waals surface area (Å²) in [5, 5.41) is 0. The quantitative estimate of drug-likeness (QED) is 0.741. The van der Waals surface area contributed by atoms with Gasteiger partial charge in [-0.25, -0.2) is 0 Å². The van der Waals surface area contributed by atoms with Crippen molar-refractivity contribution in [1.29, 1.82) is 0 Å². The van der Waals surface area contributed by atoms with Crippen LogP contribution >= 0.6 is 0 Å². The normalized spacial score (nSPS) is 24.4. The summed E-state index contributed by atoms with van der Waals surface area (Å²) in [5.74, 6) is 1.40. The Labute approximate surface area is 116 Å². The van der Waals surface area contributed by atoms with Crippen LogP contribution in [0.2, 0.25) is 0 Å². The van der Waals surface area contributed by atoms with Crippen LogP contribution in [0.15, 0.2) is 35.9 Å². The number of carbonyl (C=O) groups is 1. The monoisotopic (exact) mass is 257 g/mol. The van der Waals surface area contributed by atoms with Crippen molar-refractivity contribution in [2.24, 2.45) is 11.8 Å². The second kappa shape index (κ2) is 6.05. The molecule has 1 fully saturated rings. The van der Waals surface area contributed by atoms with Crippen LogP contribution in [0.25, 0.3) is 6.08 Å². The summed E-state index contributed by atoms with van der Waals surface area (Å²) >= 11 is 0. The lowest BCUT2D eigenvalue weighted by atomic mass is 9.91. The summed E-state index contributed by atoms with van der Waals surface area (Å²) in [6.45, 7) is 8.16. The van der Waals surface area contributed by atoms with Crippen molar-refractivity contribution in [2.75, 3.05) is 13.1 Å². The fourth-order valence-corrected chi connectivity index (χ4v) is 2.94. The van der Waals surface area contributed by atoms with Gasteiger partial charge in [0.05, 0.1) is 0 Å². The van der Waals surface area contributed by atoms with Gasteiger partial charge in [-0.05, 0) is 36.8 Å². The van der Waals surface area contributed by atoms with Gasteiger partial charge in [0.15, 0.2) is 0 Å². The first-order valence-corrected chi connectivity index (χ1v) is 7.09. The molecule has 1 aliphatic rings. The van der Waals surface area contributed by atoms with Gasteiger partial charge in [-0.3, -0.25) is 4.79 Å². The van der Waals surface area contributed by atoms with Crippen LogP contribution in [-0.2, 0) is 4.79 Å². The lowest BCUT2D eigenvalue weighted by Crippen LogP contribution is -2.42. The highest BCUT2D eigenvalue weighted by molar-refractivity contribution is 5.97. The van der Waals surface area contributed by atoms with Crippen molar-refractivity contribution in [3.8, 4) is 0 Å². The summed E-state index contributed by atoms with van der Waals surface area (Å²) in [6.07, 6.45) is 3.21. The Morgan fingerprint density at radius 1 is 1.16 bits per heavy atom. The molecule has 102 valence electrons. The molecule has 1 aromatic carbocycles. The van der Waals surface area contributed by atoms with Gasteiger partial charge in [-0.1, -0.05) is 44.2 Å². The first kappa shape index (κ1) is 13.9. The van der Waals surface area contributed by atoms with E-state index in [0.717, 1.165) is 24.2 Å². The molecule has 1 aromatic rings. The van der Waals surface area contributed by atoms with Crippen LogP contribution in [0, 0.1) is 11.8 Å². The van der Waals surface area contributed by atoms with E-state index >= 15 is 0 Å². The SMILES string of the molecule is C/C(=C/c1ccccc1)C(=O)N1C[C@@H](C)C[C@H](C)C1. The molecule has 2 heteroatoms. The number of rotatable bonds is 2. The molecule has 2 atom stereocenters. The van der Waals surface area contributed by atoms with Gasteiger partial charge in [-0.15, -0.1) is 0 Å². The molecule has 0 saturated carbocycles. The molecule has 0 aromatic heterocycles. The topological polar surface area (TPSA) is 20.3 Å². The number of hydrogen-bond acceptors (Lipinski definition) is 1. The maximum Gasteiger partial charge on any atom is 0.249 e. The minimum absolute atomic E-state index is 0.183. The molecule has 2 rings (SSSR count). The van der Waals surface area contributed by atoms with E-state index in [2.05, 4.69) is 13.8 Å². The summed E-state index contributed by atoms with van der Waals surface area (Å²) in [6, 6.07) is 10.0. The third-order valence-electron chi connectivity index (χ3n) is 3.68. The van der Waals surface area contributed by atoms with Gasteiger partial charge in [0.1, 0.15) is 0 Å². The minimum Gasteiger partial charge on any atom is -0.338 e. The highest BCUT2D eigenvalue weighted by Crippen LogP contribution is 2.22. The second-order valence-corrected chi connectivity index (χ2v) is 5.89. The lowest BCUT2D eigenvalue weighted by molar-refractivity contribution is -0.129. The smallest absolute Gasteiger partial charge is 0.249 e. The van der Waals surface area contributed by atoms with E-state index in [9.17, 15) is 4.79 Å². The largest absolute Gasteiger partial charge is 0.338 e. The summed E-state index contributed by atoms with van der Waals surface area (Å²) in [7, 11) is 0. The minimum atomic E-state index is 0.183. The van der Waals surface area contributed by atoms with Gasteiger partial charge >= 0.3 is 0 Å². The van der Waals surface area contributed by atoms with E-state index in [1.807, 2.05) is 48.2 Å². The van der Waals surface area contributed by atoms with E-state index < -0.39 is 0 Å². The zero-order valence-electron chi connectivity index (χ0n) is 12.1. The number of carbonyl (C=O) groups excluding carboxylic acids is 1. The molecule has 19 heavy (non-hydrogen) atoms. The Kier molecular flexibility index (Phi) is 4.41. The van der Waals surface area contributed by atoms with E-state index in [1.165, 1.54) is 6.42 Å². The molecule has 0 radical (unpaired) electrons. The van der Waals surface area contributed by atoms with Gasteiger partial charge in [0, 0.05) is 18.7 Å². The number of amides is 1. The third-order valence-corrected chi connectivity index (χ3v) is 3.68. The van der Waals surface area contributed by atoms with Crippen LogP contribution in [0.5, 0.6) is 0 Å². The van der Waals surface area contributed by atoms with Gasteiger partial charge in [0.2, 0.25) is 5.91 Å². The number of benzene rings is 1. The van der Waals surface area contributed by atoms with E-state index in [1.54, 1.807) is 0 Å². The average molecular weight is 257 g/mol. The Balaban J connectivity index is 2.09. The Hall–Kier alpha value is -1.57. The molecule has 1 amide bonds. The molecule has 2 nitrogen and oxygen atoms in total. The van der Waals surface area contributed by atoms with Crippen LogP contribution in [0.4, 0.5) is 0 Å². The predicted octanol–water partition coefficient (Wildman–Crippen LogP) is 3.59. The van der Waals surface area contributed by atoms with Crippen molar-refractivity contribution in [3.05, 3.63) is 41.5 Å².